The molecular weight excluding hydrogens is 234 g/mol. The van der Waals surface area contributed by atoms with Crippen molar-refractivity contribution in [1.29, 1.82) is 0 Å². The smallest absolute Gasteiger partial charge is 0.0722 e. The molecule has 0 radical (unpaired) electrons. The van der Waals surface area contributed by atoms with Crippen molar-refractivity contribution in [2.75, 3.05) is 0 Å². The summed E-state index contributed by atoms with van der Waals surface area (Å²) in [5.41, 5.74) is 2.71. The van der Waals surface area contributed by atoms with Crippen molar-refractivity contribution in [2.24, 2.45) is 13.0 Å². The van der Waals surface area contributed by atoms with Gasteiger partial charge in [-0.2, -0.15) is 5.10 Å². The van der Waals surface area contributed by atoms with Crippen LogP contribution in [0, 0.1) is 5.92 Å². The van der Waals surface area contributed by atoms with Crippen LogP contribution in [0.2, 0.25) is 0 Å². The molecule has 0 spiro atoms. The maximum Gasteiger partial charge on any atom is 0.0722 e. The van der Waals surface area contributed by atoms with Crippen molar-refractivity contribution < 1.29 is 0 Å². The molecule has 1 fully saturated rings. The topological polar surface area (TPSA) is 29.9 Å². The van der Waals surface area contributed by atoms with Crippen molar-refractivity contribution in [3.05, 3.63) is 17.5 Å². The number of nitrogens with one attached hydrogen (secondary N) is 1. The predicted octanol–water partition coefficient (Wildman–Crippen LogP) is 3.39. The van der Waals surface area contributed by atoms with Gasteiger partial charge in [-0.15, -0.1) is 0 Å². The highest BCUT2D eigenvalue weighted by Gasteiger charge is 2.23. The maximum absolute atomic E-state index is 4.64. The van der Waals surface area contributed by atoms with Gasteiger partial charge in [0.05, 0.1) is 5.69 Å². The summed E-state index contributed by atoms with van der Waals surface area (Å²) in [6, 6.07) is 0.691. The quantitative estimate of drug-likeness (QED) is 0.906. The van der Waals surface area contributed by atoms with E-state index in [4.69, 9.17) is 0 Å². The van der Waals surface area contributed by atoms with Crippen LogP contribution in [0.1, 0.15) is 64.6 Å². The zero-order valence-electron chi connectivity index (χ0n) is 13.2. The highest BCUT2D eigenvalue weighted by Crippen LogP contribution is 2.26. The highest BCUT2D eigenvalue weighted by molar-refractivity contribution is 5.23. The Balaban J connectivity index is 1.99. The van der Waals surface area contributed by atoms with E-state index in [1.807, 2.05) is 11.7 Å². The average molecular weight is 263 g/mol. The van der Waals surface area contributed by atoms with Gasteiger partial charge >= 0.3 is 0 Å². The number of hydrogen-bond donors (Lipinski definition) is 1. The molecule has 1 aliphatic rings. The first-order valence-electron chi connectivity index (χ1n) is 7.62. The summed E-state index contributed by atoms with van der Waals surface area (Å²) < 4.78 is 1.95. The van der Waals surface area contributed by atoms with Gasteiger partial charge in [-0.05, 0) is 18.8 Å². The summed E-state index contributed by atoms with van der Waals surface area (Å²) in [6.07, 6.45) is 7.59. The maximum atomic E-state index is 4.64. The standard InChI is InChI=1S/C16H29N3/c1-12-7-6-8-14(9-12)17-10-13-11-19(5)18-15(13)16(2,3)4/h11-12,14,17H,6-10H2,1-5H3. The molecule has 0 bridgehead atoms. The Hall–Kier alpha value is -0.830. The zero-order chi connectivity index (χ0) is 14.0. The summed E-state index contributed by atoms with van der Waals surface area (Å²) >= 11 is 0. The molecule has 3 nitrogen and oxygen atoms in total. The molecular formula is C16H29N3. The molecule has 0 amide bonds. The third-order valence-corrected chi connectivity index (χ3v) is 4.13. The van der Waals surface area contributed by atoms with Crippen LogP contribution in [0.3, 0.4) is 0 Å². The highest BCUT2D eigenvalue weighted by atomic mass is 15.3. The average Bonchev–Trinajstić information content (AvgIpc) is 2.68. The predicted molar refractivity (Wildman–Crippen MR) is 80.2 cm³/mol. The van der Waals surface area contributed by atoms with Gasteiger partial charge in [0.15, 0.2) is 0 Å². The first kappa shape index (κ1) is 14.6. The van der Waals surface area contributed by atoms with Gasteiger partial charge in [-0.3, -0.25) is 4.68 Å². The number of aryl methyl sites for hydroxylation is 1. The monoisotopic (exact) mass is 263 g/mol. The van der Waals surface area contributed by atoms with Gasteiger partial charge in [-0.25, -0.2) is 0 Å². The second-order valence-electron chi connectivity index (χ2n) is 7.28. The van der Waals surface area contributed by atoms with E-state index in [0.717, 1.165) is 12.5 Å². The van der Waals surface area contributed by atoms with Crippen LogP contribution in [0.5, 0.6) is 0 Å². The summed E-state index contributed by atoms with van der Waals surface area (Å²) in [5.74, 6) is 0.877. The minimum atomic E-state index is 0.123. The van der Waals surface area contributed by atoms with Crippen molar-refractivity contribution in [3.63, 3.8) is 0 Å². The Bertz CT molecular complexity index is 414. The zero-order valence-corrected chi connectivity index (χ0v) is 13.2. The van der Waals surface area contributed by atoms with E-state index in [-0.39, 0.29) is 5.41 Å². The fraction of sp³-hybridized carbons (Fsp3) is 0.812. The lowest BCUT2D eigenvalue weighted by molar-refractivity contribution is 0.300. The Morgan fingerprint density at radius 1 is 1.37 bits per heavy atom. The first-order chi connectivity index (χ1) is 8.86. The molecule has 0 aromatic carbocycles. The third-order valence-electron chi connectivity index (χ3n) is 4.13. The fourth-order valence-corrected chi connectivity index (χ4v) is 3.17. The summed E-state index contributed by atoms with van der Waals surface area (Å²) in [5, 5.41) is 8.38. The Morgan fingerprint density at radius 2 is 2.11 bits per heavy atom. The van der Waals surface area contributed by atoms with E-state index in [2.05, 4.69) is 44.3 Å². The molecule has 2 unspecified atom stereocenters. The lowest BCUT2D eigenvalue weighted by Crippen LogP contribution is -2.33. The number of nitrogens with zero attached hydrogens (tertiary/aromatic N) is 2. The molecule has 2 rings (SSSR count). The minimum Gasteiger partial charge on any atom is -0.310 e. The molecule has 2 atom stereocenters. The van der Waals surface area contributed by atoms with Crippen molar-refractivity contribution in [3.8, 4) is 0 Å². The minimum absolute atomic E-state index is 0.123. The van der Waals surface area contributed by atoms with Crippen molar-refractivity contribution in [1.82, 2.24) is 15.1 Å². The molecule has 1 heterocycles. The van der Waals surface area contributed by atoms with Gasteiger partial charge in [-0.1, -0.05) is 40.5 Å². The third kappa shape index (κ3) is 3.82. The van der Waals surface area contributed by atoms with Crippen LogP contribution in [-0.2, 0) is 19.0 Å². The van der Waals surface area contributed by atoms with E-state index in [9.17, 15) is 0 Å². The SMILES string of the molecule is CC1CCCC(NCc2cn(C)nc2C(C)(C)C)C1. The largest absolute Gasteiger partial charge is 0.310 e. The first-order valence-corrected chi connectivity index (χ1v) is 7.62. The van der Waals surface area contributed by atoms with Crippen molar-refractivity contribution in [2.45, 2.75) is 71.4 Å². The number of rotatable bonds is 3. The van der Waals surface area contributed by atoms with E-state index in [0.29, 0.717) is 6.04 Å². The van der Waals surface area contributed by atoms with Gasteiger partial charge in [0.1, 0.15) is 0 Å². The van der Waals surface area contributed by atoms with Gasteiger partial charge in [0, 0.05) is 36.8 Å². The molecule has 1 aromatic heterocycles. The molecule has 1 aromatic rings. The van der Waals surface area contributed by atoms with Crippen LogP contribution in [0.4, 0.5) is 0 Å². The van der Waals surface area contributed by atoms with Gasteiger partial charge < -0.3 is 5.32 Å². The van der Waals surface area contributed by atoms with E-state index in [1.165, 1.54) is 36.9 Å². The van der Waals surface area contributed by atoms with Crippen LogP contribution < -0.4 is 5.32 Å². The van der Waals surface area contributed by atoms with Crippen LogP contribution >= 0.6 is 0 Å². The lowest BCUT2D eigenvalue weighted by Gasteiger charge is -2.28. The molecule has 1 saturated carbocycles. The fourth-order valence-electron chi connectivity index (χ4n) is 3.17. The Labute approximate surface area is 117 Å². The second-order valence-corrected chi connectivity index (χ2v) is 7.28. The number of hydrogen-bond acceptors (Lipinski definition) is 2. The Morgan fingerprint density at radius 3 is 2.74 bits per heavy atom. The molecule has 0 aliphatic heterocycles. The molecule has 0 saturated heterocycles. The van der Waals surface area contributed by atoms with Gasteiger partial charge in [0.25, 0.3) is 0 Å². The molecule has 3 heteroatoms. The molecule has 108 valence electrons. The van der Waals surface area contributed by atoms with Crippen LogP contribution in [0.25, 0.3) is 0 Å². The molecule has 1 aliphatic carbocycles. The molecule has 19 heavy (non-hydrogen) atoms. The Kier molecular flexibility index (Phi) is 4.34. The summed E-state index contributed by atoms with van der Waals surface area (Å²) in [6.45, 7) is 10.0. The van der Waals surface area contributed by atoms with Gasteiger partial charge in [0.2, 0.25) is 0 Å². The van der Waals surface area contributed by atoms with E-state index in [1.54, 1.807) is 0 Å². The normalized spacial score (nSPS) is 24.7. The summed E-state index contributed by atoms with van der Waals surface area (Å²) in [7, 11) is 2.02. The van der Waals surface area contributed by atoms with Crippen LogP contribution in [-0.4, -0.2) is 15.8 Å². The van der Waals surface area contributed by atoms with Crippen molar-refractivity contribution >= 4 is 0 Å². The number of aromatic nitrogens is 2. The van der Waals surface area contributed by atoms with E-state index >= 15 is 0 Å². The molecule has 1 N–H and O–H groups in total. The summed E-state index contributed by atoms with van der Waals surface area (Å²) in [4.78, 5) is 0. The second kappa shape index (κ2) is 5.66. The van der Waals surface area contributed by atoms with Crippen LogP contribution in [0.15, 0.2) is 6.20 Å². The lowest BCUT2D eigenvalue weighted by atomic mass is 9.86. The van der Waals surface area contributed by atoms with E-state index < -0.39 is 0 Å².